The topological polar surface area (TPSA) is 101 Å². The van der Waals surface area contributed by atoms with Crippen molar-refractivity contribution in [3.8, 4) is 11.5 Å². The fraction of sp³-hybridized carbons (Fsp3) is 0.542. The summed E-state index contributed by atoms with van der Waals surface area (Å²) >= 11 is 0. The summed E-state index contributed by atoms with van der Waals surface area (Å²) < 4.78 is 5.88. The van der Waals surface area contributed by atoms with Crippen molar-refractivity contribution < 1.29 is 29.3 Å². The smallest absolute Gasteiger partial charge is 0.173 e. The number of rotatable bonds is 4. The summed E-state index contributed by atoms with van der Waals surface area (Å²) in [5.74, 6) is -3.03. The van der Waals surface area contributed by atoms with Crippen LogP contribution in [0.25, 0.3) is 0 Å². The number of allylic oxidation sites excluding steroid dienone is 2. The van der Waals surface area contributed by atoms with Crippen LogP contribution in [0.15, 0.2) is 12.2 Å². The first-order valence-electron chi connectivity index (χ1n) is 11.0. The largest absolute Gasteiger partial charge is 0.507 e. The third-order valence-electron chi connectivity index (χ3n) is 7.30. The molecule has 6 heteroatoms. The van der Waals surface area contributed by atoms with E-state index in [9.17, 15) is 24.6 Å². The molecule has 6 rings (SSSR count). The molecular weight excluding hydrogens is 384 g/mol. The number of phenolic OH excluding ortho intramolecular Hbond substituents is 2. The van der Waals surface area contributed by atoms with Crippen LogP contribution >= 0.6 is 0 Å². The minimum absolute atomic E-state index is 0.0223. The van der Waals surface area contributed by atoms with Crippen LogP contribution in [0.4, 0.5) is 0 Å². The van der Waals surface area contributed by atoms with Crippen molar-refractivity contribution in [3.63, 3.8) is 0 Å². The van der Waals surface area contributed by atoms with E-state index in [1.807, 2.05) is 19.1 Å². The Morgan fingerprint density at radius 2 is 1.53 bits per heavy atom. The van der Waals surface area contributed by atoms with Gasteiger partial charge in [-0.15, -0.1) is 0 Å². The number of phenols is 2. The van der Waals surface area contributed by atoms with E-state index in [4.69, 9.17) is 4.74 Å². The summed E-state index contributed by atoms with van der Waals surface area (Å²) in [4.78, 5) is 39.4. The first-order chi connectivity index (χ1) is 14.4. The first kappa shape index (κ1) is 19.5. The van der Waals surface area contributed by atoms with Gasteiger partial charge in [0.05, 0.1) is 23.1 Å². The van der Waals surface area contributed by atoms with Crippen LogP contribution in [0.5, 0.6) is 11.5 Å². The Labute approximate surface area is 174 Å². The van der Waals surface area contributed by atoms with Crippen molar-refractivity contribution in [2.24, 2.45) is 11.8 Å². The molecule has 0 radical (unpaired) electrons. The van der Waals surface area contributed by atoms with E-state index in [1.165, 1.54) is 0 Å². The SMILES string of the molecule is CCCCOC1CC(=O)CC2C(=O)c3c(O)c4c(c(O)c3C(=O)C12)C1C=CC4CC1. The molecule has 1 fully saturated rings. The van der Waals surface area contributed by atoms with Crippen LogP contribution in [0, 0.1) is 11.8 Å². The number of carbonyl (C=O) groups excluding carboxylic acids is 3. The summed E-state index contributed by atoms with van der Waals surface area (Å²) in [5, 5.41) is 22.2. The van der Waals surface area contributed by atoms with Gasteiger partial charge in [-0.3, -0.25) is 14.4 Å². The van der Waals surface area contributed by atoms with Gasteiger partial charge in [0.25, 0.3) is 0 Å². The molecule has 30 heavy (non-hydrogen) atoms. The van der Waals surface area contributed by atoms with Crippen molar-refractivity contribution in [1.29, 1.82) is 0 Å². The van der Waals surface area contributed by atoms with Gasteiger partial charge >= 0.3 is 0 Å². The molecule has 0 aliphatic heterocycles. The lowest BCUT2D eigenvalue weighted by molar-refractivity contribution is -0.128. The van der Waals surface area contributed by atoms with E-state index in [0.29, 0.717) is 17.7 Å². The fourth-order valence-corrected chi connectivity index (χ4v) is 5.86. The lowest BCUT2D eigenvalue weighted by Crippen LogP contribution is -2.49. The van der Waals surface area contributed by atoms with Gasteiger partial charge in [-0.2, -0.15) is 0 Å². The predicted molar refractivity (Wildman–Crippen MR) is 108 cm³/mol. The van der Waals surface area contributed by atoms with E-state index < -0.39 is 23.7 Å². The number of unbranched alkanes of at least 4 members (excludes halogenated alkanes) is 1. The Balaban J connectivity index is 1.64. The summed E-state index contributed by atoms with van der Waals surface area (Å²) in [6.07, 6.45) is 6.82. The van der Waals surface area contributed by atoms with Gasteiger partial charge in [0.1, 0.15) is 17.3 Å². The monoisotopic (exact) mass is 410 g/mol. The molecule has 5 atom stereocenters. The normalized spacial score (nSPS) is 31.5. The van der Waals surface area contributed by atoms with E-state index >= 15 is 0 Å². The molecule has 0 amide bonds. The van der Waals surface area contributed by atoms with E-state index in [0.717, 1.165) is 25.7 Å². The molecule has 1 aromatic carbocycles. The van der Waals surface area contributed by atoms with Crippen LogP contribution in [0.3, 0.4) is 0 Å². The summed E-state index contributed by atoms with van der Waals surface area (Å²) in [5.41, 5.74) is 0.986. The molecule has 0 spiro atoms. The van der Waals surface area contributed by atoms with Gasteiger partial charge in [-0.25, -0.2) is 0 Å². The van der Waals surface area contributed by atoms with Gasteiger partial charge in [0.2, 0.25) is 0 Å². The Bertz CT molecular complexity index is 990. The molecule has 0 heterocycles. The zero-order valence-corrected chi connectivity index (χ0v) is 17.0. The highest BCUT2D eigenvalue weighted by Crippen LogP contribution is 2.56. The number of hydrogen-bond donors (Lipinski definition) is 2. The Kier molecular flexibility index (Phi) is 4.58. The maximum absolute atomic E-state index is 13.6. The summed E-state index contributed by atoms with van der Waals surface area (Å²) in [7, 11) is 0. The van der Waals surface area contributed by atoms with Crippen LogP contribution in [-0.2, 0) is 9.53 Å². The minimum Gasteiger partial charge on any atom is -0.507 e. The van der Waals surface area contributed by atoms with Gasteiger partial charge in [-0.05, 0) is 19.3 Å². The average molecular weight is 410 g/mol. The zero-order chi connectivity index (χ0) is 21.2. The fourth-order valence-electron chi connectivity index (χ4n) is 5.86. The van der Waals surface area contributed by atoms with Crippen LogP contribution in [0.1, 0.15) is 89.1 Å². The predicted octanol–water partition coefficient (Wildman–Crippen LogP) is 3.79. The van der Waals surface area contributed by atoms with Crippen molar-refractivity contribution in [2.45, 2.75) is 63.4 Å². The molecule has 1 saturated carbocycles. The quantitative estimate of drug-likeness (QED) is 0.445. The zero-order valence-electron chi connectivity index (χ0n) is 17.0. The third-order valence-corrected chi connectivity index (χ3v) is 7.30. The number of carbonyl (C=O) groups is 3. The number of benzene rings is 1. The lowest BCUT2D eigenvalue weighted by atomic mass is 9.62. The second-order valence-electron chi connectivity index (χ2n) is 9.02. The minimum atomic E-state index is -0.836. The van der Waals surface area contributed by atoms with Crippen molar-refractivity contribution >= 4 is 17.3 Å². The van der Waals surface area contributed by atoms with Gasteiger partial charge < -0.3 is 14.9 Å². The highest BCUT2D eigenvalue weighted by Gasteiger charge is 2.53. The number of hydrogen-bond acceptors (Lipinski definition) is 6. The molecule has 5 aliphatic carbocycles. The first-order valence-corrected chi connectivity index (χ1v) is 11.0. The number of ketones is 3. The molecular formula is C24H26O6. The molecule has 5 unspecified atom stereocenters. The van der Waals surface area contributed by atoms with Gasteiger partial charge in [0, 0.05) is 48.3 Å². The Hall–Kier alpha value is -2.47. The molecule has 0 aromatic heterocycles. The van der Waals surface area contributed by atoms with Gasteiger partial charge in [0.15, 0.2) is 11.6 Å². The summed E-state index contributed by atoms with van der Waals surface area (Å²) in [6.45, 7) is 2.44. The lowest BCUT2D eigenvalue weighted by Gasteiger charge is -2.41. The molecule has 2 bridgehead atoms. The number of aromatic hydroxyl groups is 2. The average Bonchev–Trinajstić information content (AvgIpc) is 2.74. The molecule has 158 valence electrons. The molecule has 5 aliphatic rings. The Morgan fingerprint density at radius 3 is 2.10 bits per heavy atom. The number of fused-ring (bicyclic) bond motifs is 3. The van der Waals surface area contributed by atoms with Crippen molar-refractivity contribution in [3.05, 3.63) is 34.4 Å². The second kappa shape index (κ2) is 7.05. The molecule has 0 saturated heterocycles. The number of ether oxygens (including phenoxy) is 1. The molecule has 6 nitrogen and oxygen atoms in total. The highest BCUT2D eigenvalue weighted by atomic mass is 16.5. The van der Waals surface area contributed by atoms with Crippen LogP contribution < -0.4 is 0 Å². The second-order valence-corrected chi connectivity index (χ2v) is 9.02. The highest BCUT2D eigenvalue weighted by molar-refractivity contribution is 6.20. The van der Waals surface area contributed by atoms with E-state index in [2.05, 4.69) is 0 Å². The third kappa shape index (κ3) is 2.62. The van der Waals surface area contributed by atoms with E-state index in [-0.39, 0.29) is 58.9 Å². The molecule has 1 aromatic rings. The summed E-state index contributed by atoms with van der Waals surface area (Å²) in [6, 6.07) is 0. The maximum Gasteiger partial charge on any atom is 0.173 e. The van der Waals surface area contributed by atoms with Crippen molar-refractivity contribution in [1.82, 2.24) is 0 Å². The standard InChI is InChI=1S/C24H26O6/c1-2-3-8-30-15-10-13(25)9-14-18(15)24(29)20-19(21(14)26)22(27)16-11-4-6-12(7-5-11)17(16)23(20)28/h4,6,11-12,14-15,18,27-28H,2-3,5,7-10H2,1H3. The van der Waals surface area contributed by atoms with Crippen LogP contribution in [0.2, 0.25) is 0 Å². The van der Waals surface area contributed by atoms with Crippen molar-refractivity contribution in [2.75, 3.05) is 6.61 Å². The van der Waals surface area contributed by atoms with Crippen LogP contribution in [-0.4, -0.2) is 40.3 Å². The molecule has 2 N–H and O–H groups in total. The number of Topliss-reactive ketones (excluding diaryl/α,β-unsaturated/α-hetero) is 3. The van der Waals surface area contributed by atoms with E-state index in [1.54, 1.807) is 0 Å². The Morgan fingerprint density at radius 1 is 0.933 bits per heavy atom. The maximum atomic E-state index is 13.6. The van der Waals surface area contributed by atoms with Gasteiger partial charge in [-0.1, -0.05) is 25.5 Å².